The van der Waals surface area contributed by atoms with Crippen LogP contribution in [-0.2, 0) is 10.2 Å². The van der Waals surface area contributed by atoms with Crippen LogP contribution >= 0.6 is 0 Å². The number of hydrogen-bond acceptors (Lipinski definition) is 5. The van der Waals surface area contributed by atoms with Gasteiger partial charge in [-0.1, -0.05) is 27.7 Å². The highest BCUT2D eigenvalue weighted by Crippen LogP contribution is 2.22. The molecule has 0 saturated heterocycles. The van der Waals surface area contributed by atoms with Crippen LogP contribution in [0, 0.1) is 0 Å². The number of carbonyl (C=O) groups is 1. The molecule has 0 aliphatic carbocycles. The molecule has 0 amide bonds. The Morgan fingerprint density at radius 1 is 1.39 bits per heavy atom. The summed E-state index contributed by atoms with van der Waals surface area (Å²) < 4.78 is 4.67. The molecule has 0 aliphatic heterocycles. The van der Waals surface area contributed by atoms with Crippen molar-refractivity contribution in [3.8, 4) is 0 Å². The molecule has 0 bridgehead atoms. The summed E-state index contributed by atoms with van der Waals surface area (Å²) in [6.07, 6.45) is 0.989. The number of nitrogens with one attached hydrogen (secondary N) is 1. The second kappa shape index (κ2) is 5.80. The highest BCUT2D eigenvalue weighted by molar-refractivity contribution is 5.85. The number of nitrogens with zero attached hydrogens (tertiary/aromatic N) is 2. The number of rotatable bonds is 4. The van der Waals surface area contributed by atoms with Crippen LogP contribution in [0.1, 0.15) is 50.4 Å². The highest BCUT2D eigenvalue weighted by Gasteiger charge is 2.20. The Labute approximate surface area is 108 Å². The molecular weight excluding hydrogens is 230 g/mol. The normalized spacial score (nSPS) is 11.2. The number of esters is 1. The first kappa shape index (κ1) is 14.4. The van der Waals surface area contributed by atoms with Gasteiger partial charge in [0.05, 0.1) is 12.8 Å². The zero-order chi connectivity index (χ0) is 13.8. The van der Waals surface area contributed by atoms with E-state index in [1.54, 1.807) is 0 Å². The first-order valence-corrected chi connectivity index (χ1v) is 6.10. The summed E-state index contributed by atoms with van der Waals surface area (Å²) in [4.78, 5) is 20.0. The summed E-state index contributed by atoms with van der Waals surface area (Å²) in [5.41, 5.74) is 0.672. The molecule has 0 aliphatic rings. The molecule has 1 aromatic heterocycles. The molecule has 5 heteroatoms. The minimum atomic E-state index is -0.513. The van der Waals surface area contributed by atoms with Crippen molar-refractivity contribution in [3.63, 3.8) is 0 Å². The van der Waals surface area contributed by atoms with E-state index in [2.05, 4.69) is 26.9 Å². The van der Waals surface area contributed by atoms with Crippen molar-refractivity contribution in [2.45, 2.75) is 39.5 Å². The molecule has 0 radical (unpaired) electrons. The number of anilines is 1. The smallest absolute Gasteiger partial charge is 0.376 e. The van der Waals surface area contributed by atoms with Gasteiger partial charge in [0.2, 0.25) is 5.82 Å². The Kier molecular flexibility index (Phi) is 4.64. The first-order chi connectivity index (χ1) is 8.38. The van der Waals surface area contributed by atoms with Gasteiger partial charge in [0.15, 0.2) is 0 Å². The molecule has 1 N–H and O–H groups in total. The first-order valence-electron chi connectivity index (χ1n) is 6.10. The third-order valence-corrected chi connectivity index (χ3v) is 2.42. The minimum absolute atomic E-state index is 0.100. The second-order valence-electron chi connectivity index (χ2n) is 5.13. The van der Waals surface area contributed by atoms with E-state index in [9.17, 15) is 4.79 Å². The molecule has 1 aromatic rings. The number of hydrogen-bond donors (Lipinski definition) is 1. The van der Waals surface area contributed by atoms with Gasteiger partial charge in [-0.15, -0.1) is 0 Å². The van der Waals surface area contributed by atoms with Crippen LogP contribution in [0.2, 0.25) is 0 Å². The van der Waals surface area contributed by atoms with E-state index in [0.717, 1.165) is 18.7 Å². The third-order valence-electron chi connectivity index (χ3n) is 2.42. The molecule has 1 rings (SSSR count). The molecule has 0 spiro atoms. The van der Waals surface area contributed by atoms with E-state index in [4.69, 9.17) is 0 Å². The van der Waals surface area contributed by atoms with Gasteiger partial charge in [0, 0.05) is 18.0 Å². The number of aromatic nitrogens is 2. The quantitative estimate of drug-likeness (QED) is 0.832. The Hall–Kier alpha value is -1.65. The van der Waals surface area contributed by atoms with E-state index in [0.29, 0.717) is 5.82 Å². The predicted molar refractivity (Wildman–Crippen MR) is 70.9 cm³/mol. The fraction of sp³-hybridized carbons (Fsp3) is 0.615. The lowest BCUT2D eigenvalue weighted by Gasteiger charge is -2.19. The van der Waals surface area contributed by atoms with Gasteiger partial charge in [-0.2, -0.15) is 0 Å². The lowest BCUT2D eigenvalue weighted by atomic mass is 9.92. The van der Waals surface area contributed by atoms with Crippen LogP contribution in [0.3, 0.4) is 0 Å². The van der Waals surface area contributed by atoms with Gasteiger partial charge < -0.3 is 10.1 Å². The Morgan fingerprint density at radius 2 is 2.06 bits per heavy atom. The van der Waals surface area contributed by atoms with Crippen LogP contribution in [0.15, 0.2) is 6.07 Å². The van der Waals surface area contributed by atoms with Crippen molar-refractivity contribution in [1.82, 2.24) is 9.97 Å². The minimum Gasteiger partial charge on any atom is -0.463 e. The SMILES string of the molecule is CCCNc1cc(C(C)(C)C)nc(C(=O)OC)n1. The highest BCUT2D eigenvalue weighted by atomic mass is 16.5. The van der Waals surface area contributed by atoms with Crippen LogP contribution in [0.5, 0.6) is 0 Å². The van der Waals surface area contributed by atoms with Gasteiger partial charge >= 0.3 is 5.97 Å². The fourth-order valence-electron chi connectivity index (χ4n) is 1.36. The molecule has 1 heterocycles. The van der Waals surface area contributed by atoms with E-state index in [1.165, 1.54) is 7.11 Å². The summed E-state index contributed by atoms with van der Waals surface area (Å²) >= 11 is 0. The maximum Gasteiger partial charge on any atom is 0.376 e. The number of carbonyl (C=O) groups excluding carboxylic acids is 1. The van der Waals surface area contributed by atoms with Gasteiger partial charge in [-0.25, -0.2) is 14.8 Å². The Balaban J connectivity index is 3.16. The Bertz CT molecular complexity index is 425. The van der Waals surface area contributed by atoms with Gasteiger partial charge in [0.25, 0.3) is 0 Å². The molecule has 100 valence electrons. The monoisotopic (exact) mass is 251 g/mol. The summed E-state index contributed by atoms with van der Waals surface area (Å²) in [6, 6.07) is 1.88. The van der Waals surface area contributed by atoms with Crippen molar-refractivity contribution in [1.29, 1.82) is 0 Å². The van der Waals surface area contributed by atoms with Crippen molar-refractivity contribution in [2.24, 2.45) is 0 Å². The lowest BCUT2D eigenvalue weighted by molar-refractivity contribution is 0.0586. The zero-order valence-electron chi connectivity index (χ0n) is 11.7. The van der Waals surface area contributed by atoms with Crippen molar-refractivity contribution in [3.05, 3.63) is 17.6 Å². The molecular formula is C13H21N3O2. The van der Waals surface area contributed by atoms with Gasteiger partial charge in [-0.05, 0) is 6.42 Å². The average molecular weight is 251 g/mol. The molecule has 0 saturated carbocycles. The third kappa shape index (κ3) is 3.68. The average Bonchev–Trinajstić information content (AvgIpc) is 2.33. The number of ether oxygens (including phenoxy) is 1. The maximum atomic E-state index is 11.5. The lowest BCUT2D eigenvalue weighted by Crippen LogP contribution is -2.19. The Morgan fingerprint density at radius 3 is 2.56 bits per heavy atom. The van der Waals surface area contributed by atoms with Crippen molar-refractivity contribution in [2.75, 3.05) is 19.0 Å². The van der Waals surface area contributed by atoms with E-state index < -0.39 is 5.97 Å². The van der Waals surface area contributed by atoms with Gasteiger partial charge in [-0.3, -0.25) is 0 Å². The molecule has 18 heavy (non-hydrogen) atoms. The van der Waals surface area contributed by atoms with E-state index >= 15 is 0 Å². The van der Waals surface area contributed by atoms with Crippen molar-refractivity contribution >= 4 is 11.8 Å². The van der Waals surface area contributed by atoms with Crippen LogP contribution < -0.4 is 5.32 Å². The summed E-state index contributed by atoms with van der Waals surface area (Å²) in [7, 11) is 1.33. The van der Waals surface area contributed by atoms with Gasteiger partial charge in [0.1, 0.15) is 5.82 Å². The molecule has 0 fully saturated rings. The second-order valence-corrected chi connectivity index (χ2v) is 5.13. The zero-order valence-corrected chi connectivity index (χ0v) is 11.7. The van der Waals surface area contributed by atoms with E-state index in [-0.39, 0.29) is 11.2 Å². The fourth-order valence-corrected chi connectivity index (χ4v) is 1.36. The predicted octanol–water partition coefficient (Wildman–Crippen LogP) is 2.38. The number of methoxy groups -OCH3 is 1. The van der Waals surface area contributed by atoms with E-state index in [1.807, 2.05) is 26.8 Å². The molecule has 0 unspecified atom stereocenters. The van der Waals surface area contributed by atoms with Crippen molar-refractivity contribution < 1.29 is 9.53 Å². The standard InChI is InChI=1S/C13H21N3O2/c1-6-7-14-10-8-9(13(2,3)4)15-11(16-10)12(17)18-5/h8H,6-7H2,1-5H3,(H,14,15,16). The van der Waals surface area contributed by atoms with Crippen LogP contribution in [0.4, 0.5) is 5.82 Å². The van der Waals surface area contributed by atoms with Crippen LogP contribution in [0.25, 0.3) is 0 Å². The molecule has 0 atom stereocenters. The molecule has 5 nitrogen and oxygen atoms in total. The summed E-state index contributed by atoms with van der Waals surface area (Å²) in [5, 5.41) is 3.17. The summed E-state index contributed by atoms with van der Waals surface area (Å²) in [5.74, 6) is 0.251. The molecule has 0 aromatic carbocycles. The maximum absolute atomic E-state index is 11.5. The topological polar surface area (TPSA) is 64.1 Å². The largest absolute Gasteiger partial charge is 0.463 e. The van der Waals surface area contributed by atoms with Crippen LogP contribution in [-0.4, -0.2) is 29.6 Å². The summed E-state index contributed by atoms with van der Waals surface area (Å²) in [6.45, 7) is 9.00.